The van der Waals surface area contributed by atoms with Crippen molar-refractivity contribution in [3.8, 4) is 22.9 Å². The van der Waals surface area contributed by atoms with Gasteiger partial charge in [-0.1, -0.05) is 97.1 Å². The van der Waals surface area contributed by atoms with E-state index in [9.17, 15) is 5.11 Å². The van der Waals surface area contributed by atoms with Crippen LogP contribution in [0, 0.1) is 0 Å². The van der Waals surface area contributed by atoms with Gasteiger partial charge in [0.05, 0.1) is 17.6 Å². The molecule has 1 N–H and O–H groups in total. The van der Waals surface area contributed by atoms with Crippen LogP contribution in [-0.4, -0.2) is 34.6 Å². The molecule has 2 aromatic heterocycles. The monoisotopic (exact) mass is 700 g/mol. The fourth-order valence-electron chi connectivity index (χ4n) is 6.59. The van der Waals surface area contributed by atoms with Crippen molar-refractivity contribution in [2.24, 2.45) is 0 Å². The van der Waals surface area contributed by atoms with E-state index in [0.717, 1.165) is 46.1 Å². The van der Waals surface area contributed by atoms with E-state index in [-0.39, 0.29) is 6.61 Å². The standard InChI is InChI=1S/C24H23NO2.C23H21NO2/c1-26-16-15-22-17-20-9-5-6-10-24(20)25(22)21-11-13-23(14-12-21)27-18-19-7-3-2-4-8-19;25-15-14-21-16-19-8-4-5-9-23(19)24(21)20-10-12-22(13-11-20)26-17-18-6-2-1-3-7-18/h2-14,17H,15-16,18H2,1H3;1-13,16,25H,14-15,17H2. The van der Waals surface area contributed by atoms with E-state index in [1.807, 2.05) is 72.8 Å². The van der Waals surface area contributed by atoms with Crippen LogP contribution in [0.1, 0.15) is 22.5 Å². The number of hydrogen-bond donors (Lipinski definition) is 1. The van der Waals surface area contributed by atoms with Crippen LogP contribution >= 0.6 is 0 Å². The lowest BCUT2D eigenvalue weighted by Gasteiger charge is -2.12. The minimum Gasteiger partial charge on any atom is -0.489 e. The summed E-state index contributed by atoms with van der Waals surface area (Å²) in [6.07, 6.45) is 1.50. The number of nitrogens with zero attached hydrogens (tertiary/aromatic N) is 2. The lowest BCUT2D eigenvalue weighted by atomic mass is 10.2. The van der Waals surface area contributed by atoms with E-state index in [4.69, 9.17) is 14.2 Å². The van der Waals surface area contributed by atoms with Crippen molar-refractivity contribution in [1.82, 2.24) is 9.13 Å². The maximum absolute atomic E-state index is 9.41. The summed E-state index contributed by atoms with van der Waals surface area (Å²) in [4.78, 5) is 0. The lowest BCUT2D eigenvalue weighted by molar-refractivity contribution is 0.201. The highest BCUT2D eigenvalue weighted by atomic mass is 16.5. The molecule has 0 amide bonds. The van der Waals surface area contributed by atoms with Gasteiger partial charge >= 0.3 is 0 Å². The quantitative estimate of drug-likeness (QED) is 0.130. The highest BCUT2D eigenvalue weighted by Gasteiger charge is 2.12. The molecule has 53 heavy (non-hydrogen) atoms. The topological polar surface area (TPSA) is 57.8 Å². The summed E-state index contributed by atoms with van der Waals surface area (Å²) in [5.74, 6) is 1.72. The van der Waals surface area contributed by atoms with E-state index < -0.39 is 0 Å². The molecule has 0 bridgehead atoms. The average molecular weight is 701 g/mol. The Kier molecular flexibility index (Phi) is 11.6. The lowest BCUT2D eigenvalue weighted by Crippen LogP contribution is -2.03. The summed E-state index contributed by atoms with van der Waals surface area (Å²) in [6.45, 7) is 1.97. The van der Waals surface area contributed by atoms with Gasteiger partial charge in [0.1, 0.15) is 24.7 Å². The first-order valence-corrected chi connectivity index (χ1v) is 18.0. The number of rotatable bonds is 13. The van der Waals surface area contributed by atoms with Crippen molar-refractivity contribution in [2.75, 3.05) is 20.3 Å². The Labute approximate surface area is 311 Å². The molecule has 0 aliphatic heterocycles. The molecule has 0 aliphatic carbocycles. The van der Waals surface area contributed by atoms with E-state index in [1.54, 1.807) is 7.11 Å². The highest BCUT2D eigenvalue weighted by Crippen LogP contribution is 2.28. The van der Waals surface area contributed by atoms with E-state index in [2.05, 4.69) is 106 Å². The van der Waals surface area contributed by atoms with Gasteiger partial charge in [-0.05, 0) is 83.9 Å². The van der Waals surface area contributed by atoms with Gasteiger partial charge in [-0.3, -0.25) is 0 Å². The number of methoxy groups -OCH3 is 1. The molecule has 0 saturated carbocycles. The molecular formula is C47H44N2O4. The van der Waals surface area contributed by atoms with E-state index in [0.29, 0.717) is 26.2 Å². The second-order valence-corrected chi connectivity index (χ2v) is 12.8. The third-order valence-electron chi connectivity index (χ3n) is 9.19. The Hall–Kier alpha value is -6.08. The number of para-hydroxylation sites is 2. The van der Waals surface area contributed by atoms with Crippen molar-refractivity contribution in [3.63, 3.8) is 0 Å². The molecule has 8 rings (SSSR count). The van der Waals surface area contributed by atoms with Gasteiger partial charge in [0.25, 0.3) is 0 Å². The minimum absolute atomic E-state index is 0.134. The first-order chi connectivity index (χ1) is 26.2. The molecule has 0 aliphatic rings. The second kappa shape index (κ2) is 17.4. The fraction of sp³-hybridized carbons (Fsp3) is 0.149. The zero-order chi connectivity index (χ0) is 36.2. The maximum atomic E-state index is 9.41. The Morgan fingerprint density at radius 2 is 0.887 bits per heavy atom. The molecule has 266 valence electrons. The molecule has 0 radical (unpaired) electrons. The number of aromatic nitrogens is 2. The summed E-state index contributed by atoms with van der Waals surface area (Å²) in [7, 11) is 1.74. The molecule has 6 heteroatoms. The molecular weight excluding hydrogens is 657 g/mol. The number of aliphatic hydroxyl groups excluding tert-OH is 1. The Balaban J connectivity index is 0.000000164. The number of fused-ring (bicyclic) bond motifs is 2. The largest absolute Gasteiger partial charge is 0.489 e. The predicted molar refractivity (Wildman–Crippen MR) is 214 cm³/mol. The van der Waals surface area contributed by atoms with Gasteiger partial charge in [0.2, 0.25) is 0 Å². The summed E-state index contributed by atoms with van der Waals surface area (Å²) < 4.78 is 21.6. The maximum Gasteiger partial charge on any atom is 0.119 e. The van der Waals surface area contributed by atoms with Crippen LogP contribution in [0.4, 0.5) is 0 Å². The van der Waals surface area contributed by atoms with Crippen LogP contribution in [-0.2, 0) is 30.8 Å². The first-order valence-electron chi connectivity index (χ1n) is 18.0. The van der Waals surface area contributed by atoms with Crippen molar-refractivity contribution in [2.45, 2.75) is 26.1 Å². The molecule has 6 nitrogen and oxygen atoms in total. The molecule has 0 atom stereocenters. The molecule has 2 heterocycles. The van der Waals surface area contributed by atoms with Crippen LogP contribution in [0.25, 0.3) is 33.2 Å². The van der Waals surface area contributed by atoms with Crippen molar-refractivity contribution in [3.05, 3.63) is 192 Å². The van der Waals surface area contributed by atoms with Crippen molar-refractivity contribution in [1.29, 1.82) is 0 Å². The van der Waals surface area contributed by atoms with Crippen LogP contribution in [0.3, 0.4) is 0 Å². The number of aliphatic hydroxyl groups is 1. The van der Waals surface area contributed by atoms with Crippen LogP contribution in [0.5, 0.6) is 11.5 Å². The number of hydrogen-bond acceptors (Lipinski definition) is 4. The van der Waals surface area contributed by atoms with Crippen LogP contribution in [0.2, 0.25) is 0 Å². The minimum atomic E-state index is 0.134. The van der Waals surface area contributed by atoms with Crippen molar-refractivity contribution >= 4 is 21.8 Å². The smallest absolute Gasteiger partial charge is 0.119 e. The van der Waals surface area contributed by atoms with Gasteiger partial charge in [-0.15, -0.1) is 0 Å². The van der Waals surface area contributed by atoms with Gasteiger partial charge in [0.15, 0.2) is 0 Å². The van der Waals surface area contributed by atoms with E-state index in [1.165, 1.54) is 27.5 Å². The molecule has 6 aromatic carbocycles. The van der Waals surface area contributed by atoms with Crippen LogP contribution in [0.15, 0.2) is 170 Å². The molecule has 0 fully saturated rings. The molecule has 8 aromatic rings. The van der Waals surface area contributed by atoms with Gasteiger partial charge in [0, 0.05) is 60.1 Å². The number of benzene rings is 6. The van der Waals surface area contributed by atoms with Gasteiger partial charge in [-0.2, -0.15) is 0 Å². The number of ether oxygens (including phenoxy) is 3. The van der Waals surface area contributed by atoms with E-state index >= 15 is 0 Å². The van der Waals surface area contributed by atoms with Gasteiger partial charge < -0.3 is 28.5 Å². The molecule has 0 spiro atoms. The predicted octanol–water partition coefficient (Wildman–Crippen LogP) is 10.1. The van der Waals surface area contributed by atoms with Crippen molar-refractivity contribution < 1.29 is 19.3 Å². The molecule has 0 unspecified atom stereocenters. The normalized spacial score (nSPS) is 11.0. The Morgan fingerprint density at radius 3 is 1.32 bits per heavy atom. The third kappa shape index (κ3) is 8.70. The highest BCUT2D eigenvalue weighted by molar-refractivity contribution is 5.84. The first kappa shape index (κ1) is 35.3. The summed E-state index contributed by atoms with van der Waals surface area (Å²) in [5.41, 5.74) is 9.23. The summed E-state index contributed by atoms with van der Waals surface area (Å²) in [6, 6.07) is 57.9. The molecule has 0 saturated heterocycles. The van der Waals surface area contributed by atoms with Crippen LogP contribution < -0.4 is 9.47 Å². The summed E-state index contributed by atoms with van der Waals surface area (Å²) >= 11 is 0. The van der Waals surface area contributed by atoms with Gasteiger partial charge in [-0.25, -0.2) is 0 Å². The summed E-state index contributed by atoms with van der Waals surface area (Å²) in [5, 5.41) is 11.8. The average Bonchev–Trinajstić information content (AvgIpc) is 3.78. The third-order valence-corrected chi connectivity index (χ3v) is 9.19. The zero-order valence-corrected chi connectivity index (χ0v) is 30.0. The fourth-order valence-corrected chi connectivity index (χ4v) is 6.59. The zero-order valence-electron chi connectivity index (χ0n) is 30.0. The second-order valence-electron chi connectivity index (χ2n) is 12.8. The Bertz CT molecular complexity index is 2330. The Morgan fingerprint density at radius 1 is 0.472 bits per heavy atom. The SMILES string of the molecule is COCCc1cc2ccccc2n1-c1ccc(OCc2ccccc2)cc1.OCCc1cc2ccccc2n1-c1ccc(OCc2ccccc2)cc1.